The highest BCUT2D eigenvalue weighted by atomic mass is 19.4. The highest BCUT2D eigenvalue weighted by Gasteiger charge is 2.33. The summed E-state index contributed by atoms with van der Waals surface area (Å²) >= 11 is 0. The average Bonchev–Trinajstić information content (AvgIpc) is 2.24. The van der Waals surface area contributed by atoms with Gasteiger partial charge in [-0.2, -0.15) is 13.2 Å². The van der Waals surface area contributed by atoms with Gasteiger partial charge in [0.15, 0.2) is 0 Å². The van der Waals surface area contributed by atoms with Crippen molar-refractivity contribution in [3.8, 4) is 0 Å². The maximum Gasteiger partial charge on any atom is 0.417 e. The van der Waals surface area contributed by atoms with Crippen LogP contribution in [0.2, 0.25) is 0 Å². The molecule has 0 aliphatic carbocycles. The van der Waals surface area contributed by atoms with Crippen LogP contribution in [0.15, 0.2) is 24.3 Å². The fourth-order valence-corrected chi connectivity index (χ4v) is 1.48. The van der Waals surface area contributed by atoms with Crippen LogP contribution in [0.4, 0.5) is 13.2 Å². The van der Waals surface area contributed by atoms with Crippen LogP contribution in [-0.2, 0) is 11.0 Å². The minimum atomic E-state index is -4.47. The smallest absolute Gasteiger partial charge is 0.304 e. The summed E-state index contributed by atoms with van der Waals surface area (Å²) < 4.78 is 38.2. The van der Waals surface area contributed by atoms with E-state index in [0.717, 1.165) is 6.07 Å². The molecule has 92 valence electrons. The first-order chi connectivity index (χ1) is 7.86. The van der Waals surface area contributed by atoms with Crippen LogP contribution in [-0.4, -0.2) is 31.5 Å². The lowest BCUT2D eigenvalue weighted by Gasteiger charge is -2.15. The van der Waals surface area contributed by atoms with Crippen molar-refractivity contribution >= 4 is 11.5 Å². The molecule has 0 aliphatic rings. The second-order valence-electron chi connectivity index (χ2n) is 3.86. The van der Waals surface area contributed by atoms with Gasteiger partial charge < -0.3 is 4.90 Å². The first-order valence-corrected chi connectivity index (χ1v) is 4.91. The monoisotopic (exact) mass is 243 g/mol. The predicted molar refractivity (Wildman–Crippen MR) is 59.1 cm³/mol. The summed E-state index contributed by atoms with van der Waals surface area (Å²) in [6, 6.07) is 5.01. The van der Waals surface area contributed by atoms with E-state index >= 15 is 0 Å². The highest BCUT2D eigenvalue weighted by Crippen LogP contribution is 2.34. The number of hydrogen-bond acceptors (Lipinski definition) is 2. The number of alkyl halides is 3. The van der Waals surface area contributed by atoms with Crippen molar-refractivity contribution in [2.24, 2.45) is 0 Å². The van der Waals surface area contributed by atoms with E-state index in [1.807, 2.05) is 0 Å². The average molecular weight is 243 g/mol. The van der Waals surface area contributed by atoms with Crippen LogP contribution in [0.25, 0.3) is 5.57 Å². The van der Waals surface area contributed by atoms with Crippen LogP contribution in [0, 0.1) is 0 Å². The van der Waals surface area contributed by atoms with Crippen molar-refractivity contribution < 1.29 is 18.0 Å². The molecule has 5 heteroatoms. The number of hydrogen-bond donors (Lipinski definition) is 0. The molecule has 0 amide bonds. The Bertz CT molecular complexity index is 445. The third kappa shape index (κ3) is 3.44. The van der Waals surface area contributed by atoms with Gasteiger partial charge in [0.2, 0.25) is 0 Å². The molecule has 0 radical (unpaired) electrons. The third-order valence-corrected chi connectivity index (χ3v) is 2.16. The molecule has 0 N–H and O–H groups in total. The zero-order valence-electron chi connectivity index (χ0n) is 9.51. The Morgan fingerprint density at radius 3 is 2.35 bits per heavy atom. The predicted octanol–water partition coefficient (Wildman–Crippen LogP) is 2.48. The topological polar surface area (TPSA) is 20.3 Å². The minimum Gasteiger partial charge on any atom is -0.304 e. The van der Waals surface area contributed by atoms with Gasteiger partial charge in [0.25, 0.3) is 0 Å². The number of likely N-dealkylation sites (N-methyl/N-ethyl adjacent to an activating group) is 1. The van der Waals surface area contributed by atoms with Gasteiger partial charge >= 0.3 is 6.18 Å². The number of halogens is 3. The third-order valence-electron chi connectivity index (χ3n) is 2.16. The van der Waals surface area contributed by atoms with Crippen molar-refractivity contribution in [3.05, 3.63) is 35.4 Å². The van der Waals surface area contributed by atoms with Gasteiger partial charge in [-0.25, -0.2) is 4.79 Å². The summed E-state index contributed by atoms with van der Waals surface area (Å²) in [5.41, 5.74) is -0.910. The van der Waals surface area contributed by atoms with E-state index in [1.165, 1.54) is 18.2 Å². The standard InChI is InChI=1S/C12H12F3NO/c1-16(2)7-9(8-17)10-5-3-4-6-11(10)12(13,14)15/h3-6H,7H2,1-2H3. The maximum atomic E-state index is 12.7. The summed E-state index contributed by atoms with van der Waals surface area (Å²) in [6.45, 7) is 0.122. The van der Waals surface area contributed by atoms with E-state index in [1.54, 1.807) is 24.9 Å². The van der Waals surface area contributed by atoms with Crippen molar-refractivity contribution in [3.63, 3.8) is 0 Å². The molecule has 1 aromatic carbocycles. The van der Waals surface area contributed by atoms with Crippen LogP contribution < -0.4 is 0 Å². The van der Waals surface area contributed by atoms with Crippen LogP contribution in [0.5, 0.6) is 0 Å². The van der Waals surface area contributed by atoms with Crippen LogP contribution in [0.3, 0.4) is 0 Å². The van der Waals surface area contributed by atoms with E-state index in [0.29, 0.717) is 0 Å². The zero-order chi connectivity index (χ0) is 13.1. The fourth-order valence-electron chi connectivity index (χ4n) is 1.48. The van der Waals surface area contributed by atoms with Crippen LogP contribution >= 0.6 is 0 Å². The highest BCUT2D eigenvalue weighted by molar-refractivity contribution is 5.89. The van der Waals surface area contributed by atoms with Gasteiger partial charge in [0.05, 0.1) is 11.1 Å². The van der Waals surface area contributed by atoms with Gasteiger partial charge in [-0.15, -0.1) is 0 Å². The zero-order valence-corrected chi connectivity index (χ0v) is 9.51. The molecule has 1 rings (SSSR count). The van der Waals surface area contributed by atoms with Crippen molar-refractivity contribution in [1.82, 2.24) is 4.90 Å². The van der Waals surface area contributed by atoms with Gasteiger partial charge in [-0.05, 0) is 20.2 Å². The normalized spacial score (nSPS) is 11.4. The molecule has 0 bridgehead atoms. The Balaban J connectivity index is 3.26. The fraction of sp³-hybridized carbons (Fsp3) is 0.333. The Morgan fingerprint density at radius 2 is 1.88 bits per heavy atom. The first kappa shape index (κ1) is 13.5. The lowest BCUT2D eigenvalue weighted by Crippen LogP contribution is -2.17. The van der Waals surface area contributed by atoms with Crippen molar-refractivity contribution in [2.45, 2.75) is 6.18 Å². The molecule has 0 fully saturated rings. The number of rotatable bonds is 3. The summed E-state index contributed by atoms with van der Waals surface area (Å²) in [5.74, 6) is 1.59. The van der Waals surface area contributed by atoms with Gasteiger partial charge in [0.1, 0.15) is 5.94 Å². The number of nitrogens with zero attached hydrogens (tertiary/aromatic N) is 1. The summed E-state index contributed by atoms with van der Waals surface area (Å²) in [6.07, 6.45) is -4.47. The summed E-state index contributed by atoms with van der Waals surface area (Å²) in [4.78, 5) is 12.4. The van der Waals surface area contributed by atoms with E-state index in [2.05, 4.69) is 0 Å². The molecule has 0 aromatic heterocycles. The van der Waals surface area contributed by atoms with Crippen LogP contribution in [0.1, 0.15) is 11.1 Å². The largest absolute Gasteiger partial charge is 0.417 e. The minimum absolute atomic E-state index is 0.00271. The Morgan fingerprint density at radius 1 is 1.29 bits per heavy atom. The maximum absolute atomic E-state index is 12.7. The van der Waals surface area contributed by atoms with Crippen molar-refractivity contribution in [1.29, 1.82) is 0 Å². The number of benzene rings is 1. The quantitative estimate of drug-likeness (QED) is 0.760. The van der Waals surface area contributed by atoms with E-state index in [4.69, 9.17) is 0 Å². The second-order valence-corrected chi connectivity index (χ2v) is 3.86. The molecule has 0 saturated carbocycles. The number of carbonyl (C=O) groups excluding carboxylic acids is 1. The van der Waals surface area contributed by atoms with E-state index < -0.39 is 11.7 Å². The van der Waals surface area contributed by atoms with Crippen molar-refractivity contribution in [2.75, 3.05) is 20.6 Å². The second kappa shape index (κ2) is 5.17. The van der Waals surface area contributed by atoms with E-state index in [-0.39, 0.29) is 17.7 Å². The lowest BCUT2D eigenvalue weighted by atomic mass is 10.00. The lowest BCUT2D eigenvalue weighted by molar-refractivity contribution is -0.137. The molecule has 0 heterocycles. The molecule has 0 atom stereocenters. The molecule has 17 heavy (non-hydrogen) atoms. The van der Waals surface area contributed by atoms with Gasteiger partial charge in [-0.3, -0.25) is 0 Å². The molecular formula is C12H12F3NO. The Hall–Kier alpha value is -1.58. The molecule has 0 spiro atoms. The first-order valence-electron chi connectivity index (χ1n) is 4.91. The van der Waals surface area contributed by atoms with E-state index in [9.17, 15) is 18.0 Å². The van der Waals surface area contributed by atoms with Gasteiger partial charge in [0, 0.05) is 12.1 Å². The molecule has 0 unspecified atom stereocenters. The summed E-state index contributed by atoms with van der Waals surface area (Å²) in [5, 5.41) is 0. The molecule has 1 aromatic rings. The molecular weight excluding hydrogens is 231 g/mol. The molecule has 2 nitrogen and oxygen atoms in total. The summed E-state index contributed by atoms with van der Waals surface area (Å²) in [7, 11) is 3.35. The van der Waals surface area contributed by atoms with Gasteiger partial charge in [-0.1, -0.05) is 18.2 Å². The Kier molecular flexibility index (Phi) is 4.10. The molecule has 0 saturated heterocycles. The Labute approximate surface area is 97.3 Å². The SMILES string of the molecule is CN(C)CC(=C=O)c1ccccc1C(F)(F)F. The molecule has 0 aliphatic heterocycles.